The molecule has 1 unspecified atom stereocenters. The Morgan fingerprint density at radius 2 is 2.04 bits per heavy atom. The molecule has 0 bridgehead atoms. The average molecular weight is 349 g/mol. The molecule has 2 N–H and O–H groups in total. The van der Waals surface area contributed by atoms with Crippen molar-refractivity contribution in [1.29, 1.82) is 0 Å². The van der Waals surface area contributed by atoms with Crippen LogP contribution in [0.2, 0.25) is 0 Å². The van der Waals surface area contributed by atoms with E-state index in [0.717, 1.165) is 31.2 Å². The molecule has 24 heavy (non-hydrogen) atoms. The number of hydrogen-bond donors (Lipinski definition) is 2. The normalized spacial score (nSPS) is 19.7. The Hall–Kier alpha value is -1.89. The van der Waals surface area contributed by atoms with Crippen LogP contribution in [0.5, 0.6) is 0 Å². The molecule has 0 radical (unpaired) electrons. The van der Waals surface area contributed by atoms with Crippen molar-refractivity contribution < 1.29 is 14.4 Å². The molecule has 0 spiro atoms. The second-order valence-electron chi connectivity index (χ2n) is 6.30. The van der Waals surface area contributed by atoms with Gasteiger partial charge < -0.3 is 15.5 Å². The summed E-state index contributed by atoms with van der Waals surface area (Å²) in [6.07, 6.45) is 5.79. The zero-order valence-electron chi connectivity index (χ0n) is 13.9. The first-order valence-corrected chi connectivity index (χ1v) is 9.38. The van der Waals surface area contributed by atoms with E-state index in [0.29, 0.717) is 18.5 Å². The molecule has 2 aliphatic rings. The summed E-state index contributed by atoms with van der Waals surface area (Å²) in [4.78, 5) is 39.5. The highest BCUT2D eigenvalue weighted by Gasteiger charge is 2.33. The van der Waals surface area contributed by atoms with Crippen molar-refractivity contribution in [3.05, 3.63) is 21.4 Å². The number of hydrogen-bond acceptors (Lipinski definition) is 4. The van der Waals surface area contributed by atoms with Gasteiger partial charge in [-0.25, -0.2) is 0 Å². The summed E-state index contributed by atoms with van der Waals surface area (Å²) in [7, 11) is 1.57. The van der Waals surface area contributed by atoms with Crippen LogP contribution in [0.4, 0.5) is 0 Å². The molecule has 6 nitrogen and oxygen atoms in total. The van der Waals surface area contributed by atoms with Crippen LogP contribution in [0.1, 0.15) is 46.5 Å². The number of carbonyl (C=O) groups is 3. The molecule has 1 saturated heterocycles. The summed E-state index contributed by atoms with van der Waals surface area (Å²) in [6.45, 7) is 0.511. The summed E-state index contributed by atoms with van der Waals surface area (Å²) < 4.78 is 0. The number of rotatable bonds is 4. The first-order valence-electron chi connectivity index (χ1n) is 8.50. The van der Waals surface area contributed by atoms with Crippen molar-refractivity contribution in [2.75, 3.05) is 20.1 Å². The van der Waals surface area contributed by atoms with E-state index < -0.39 is 6.04 Å². The topological polar surface area (TPSA) is 78.5 Å². The lowest BCUT2D eigenvalue weighted by Gasteiger charge is -2.23. The number of likely N-dealkylation sites (tertiary alicyclic amines) is 1. The first kappa shape index (κ1) is 17.0. The molecular weight excluding hydrogens is 326 g/mol. The number of thiophene rings is 1. The molecule has 0 saturated carbocycles. The third-order valence-corrected chi connectivity index (χ3v) is 5.92. The fourth-order valence-corrected chi connectivity index (χ4v) is 4.67. The van der Waals surface area contributed by atoms with Gasteiger partial charge in [0, 0.05) is 23.8 Å². The third kappa shape index (κ3) is 3.31. The Kier molecular flexibility index (Phi) is 5.18. The van der Waals surface area contributed by atoms with Gasteiger partial charge in [0.15, 0.2) is 0 Å². The van der Waals surface area contributed by atoms with E-state index in [9.17, 15) is 14.4 Å². The number of aryl methyl sites for hydroxylation is 1. The van der Waals surface area contributed by atoms with Gasteiger partial charge in [-0.05, 0) is 44.1 Å². The zero-order valence-corrected chi connectivity index (χ0v) is 14.7. The van der Waals surface area contributed by atoms with Gasteiger partial charge in [0.05, 0.1) is 12.1 Å². The van der Waals surface area contributed by atoms with Crippen LogP contribution in [-0.2, 0) is 22.4 Å². The summed E-state index contributed by atoms with van der Waals surface area (Å²) in [5.41, 5.74) is 1.87. The molecule has 1 atom stereocenters. The maximum absolute atomic E-state index is 12.4. The van der Waals surface area contributed by atoms with Gasteiger partial charge in [0.1, 0.15) is 6.04 Å². The maximum Gasteiger partial charge on any atom is 0.252 e. The largest absolute Gasteiger partial charge is 0.357 e. The quantitative estimate of drug-likeness (QED) is 0.854. The van der Waals surface area contributed by atoms with Crippen molar-refractivity contribution in [2.45, 2.75) is 44.6 Å². The van der Waals surface area contributed by atoms with Crippen molar-refractivity contribution in [3.63, 3.8) is 0 Å². The van der Waals surface area contributed by atoms with E-state index in [1.165, 1.54) is 11.3 Å². The molecule has 130 valence electrons. The molecule has 1 aromatic heterocycles. The van der Waals surface area contributed by atoms with Gasteiger partial charge in [-0.3, -0.25) is 14.4 Å². The van der Waals surface area contributed by atoms with Gasteiger partial charge in [-0.15, -0.1) is 11.3 Å². The van der Waals surface area contributed by atoms with E-state index in [4.69, 9.17) is 0 Å². The molecule has 2 heterocycles. The summed E-state index contributed by atoms with van der Waals surface area (Å²) in [5.74, 6) is -0.518. The van der Waals surface area contributed by atoms with Crippen LogP contribution in [0.15, 0.2) is 5.38 Å². The fraction of sp³-hybridized carbons (Fsp3) is 0.588. The minimum absolute atomic E-state index is 0.0586. The molecular formula is C17H23N3O3S. The predicted octanol–water partition coefficient (Wildman–Crippen LogP) is 1.09. The minimum Gasteiger partial charge on any atom is -0.357 e. The Balaban J connectivity index is 1.59. The van der Waals surface area contributed by atoms with Crippen molar-refractivity contribution in [3.8, 4) is 0 Å². The van der Waals surface area contributed by atoms with Crippen LogP contribution in [0.25, 0.3) is 0 Å². The molecule has 1 fully saturated rings. The lowest BCUT2D eigenvalue weighted by molar-refractivity contribution is -0.137. The third-order valence-electron chi connectivity index (χ3n) is 4.83. The summed E-state index contributed by atoms with van der Waals surface area (Å²) in [5, 5.41) is 7.23. The van der Waals surface area contributed by atoms with Crippen molar-refractivity contribution in [1.82, 2.24) is 15.5 Å². The number of amides is 3. The molecule has 0 aromatic carbocycles. The van der Waals surface area contributed by atoms with E-state index in [1.54, 1.807) is 23.3 Å². The van der Waals surface area contributed by atoms with E-state index in [1.807, 2.05) is 5.38 Å². The number of nitrogens with one attached hydrogen (secondary N) is 2. The van der Waals surface area contributed by atoms with E-state index in [2.05, 4.69) is 10.6 Å². The van der Waals surface area contributed by atoms with E-state index in [-0.39, 0.29) is 24.3 Å². The first-order chi connectivity index (χ1) is 11.6. The lowest BCUT2D eigenvalue weighted by atomic mass is 9.96. The Bertz CT molecular complexity index is 656. The number of likely N-dealkylation sites (N-methyl/N-ethyl adjacent to an activating group) is 1. The van der Waals surface area contributed by atoms with Crippen molar-refractivity contribution >= 4 is 29.1 Å². The van der Waals surface area contributed by atoms with Crippen LogP contribution >= 0.6 is 11.3 Å². The second kappa shape index (κ2) is 7.34. The van der Waals surface area contributed by atoms with Crippen LogP contribution in [0.3, 0.4) is 0 Å². The molecule has 3 amide bonds. The van der Waals surface area contributed by atoms with Gasteiger partial charge in [0.25, 0.3) is 5.91 Å². The van der Waals surface area contributed by atoms with Gasteiger partial charge in [-0.2, -0.15) is 0 Å². The Labute approximate surface area is 145 Å². The standard InChI is InChI=1S/C17H23N3O3S/c1-18-17(23)13-6-4-8-20(13)15(21)9-19-16(22)12-10-24-14-7-3-2-5-11(12)14/h10,13H,2-9H2,1H3,(H,18,23)(H,19,22). The lowest BCUT2D eigenvalue weighted by Crippen LogP contribution is -2.48. The minimum atomic E-state index is -0.409. The average Bonchev–Trinajstić information content (AvgIpc) is 3.25. The summed E-state index contributed by atoms with van der Waals surface area (Å²) >= 11 is 1.64. The highest BCUT2D eigenvalue weighted by Crippen LogP contribution is 2.30. The number of nitrogens with zero attached hydrogens (tertiary/aromatic N) is 1. The zero-order chi connectivity index (χ0) is 17.1. The highest BCUT2D eigenvalue weighted by molar-refractivity contribution is 7.10. The van der Waals surface area contributed by atoms with Crippen LogP contribution in [-0.4, -0.2) is 48.8 Å². The molecule has 1 aliphatic carbocycles. The Morgan fingerprint density at radius 3 is 2.83 bits per heavy atom. The SMILES string of the molecule is CNC(=O)C1CCCN1C(=O)CNC(=O)c1csc2c1CCCC2. The summed E-state index contributed by atoms with van der Waals surface area (Å²) in [6, 6.07) is -0.409. The highest BCUT2D eigenvalue weighted by atomic mass is 32.1. The molecule has 1 aromatic rings. The molecule has 1 aliphatic heterocycles. The molecule has 3 rings (SSSR count). The number of carbonyl (C=O) groups excluding carboxylic acids is 3. The Morgan fingerprint density at radius 1 is 1.25 bits per heavy atom. The van der Waals surface area contributed by atoms with Gasteiger partial charge in [-0.1, -0.05) is 0 Å². The van der Waals surface area contributed by atoms with Gasteiger partial charge >= 0.3 is 0 Å². The fourth-order valence-electron chi connectivity index (χ4n) is 3.54. The molecule has 7 heteroatoms. The second-order valence-corrected chi connectivity index (χ2v) is 7.26. The smallest absolute Gasteiger partial charge is 0.252 e. The number of fused-ring (bicyclic) bond motifs is 1. The maximum atomic E-state index is 12.4. The van der Waals surface area contributed by atoms with Crippen molar-refractivity contribution in [2.24, 2.45) is 0 Å². The predicted molar refractivity (Wildman–Crippen MR) is 92.1 cm³/mol. The van der Waals surface area contributed by atoms with E-state index >= 15 is 0 Å². The van der Waals surface area contributed by atoms with Crippen LogP contribution < -0.4 is 10.6 Å². The monoisotopic (exact) mass is 349 g/mol. The van der Waals surface area contributed by atoms with Crippen LogP contribution in [0, 0.1) is 0 Å². The van der Waals surface area contributed by atoms with Gasteiger partial charge in [0.2, 0.25) is 11.8 Å².